The zero-order valence-corrected chi connectivity index (χ0v) is 13.4. The Kier molecular flexibility index (Phi) is 5.02. The summed E-state index contributed by atoms with van der Waals surface area (Å²) in [6.07, 6.45) is 0. The molecule has 0 aromatic heterocycles. The number of hydrogen-bond acceptors (Lipinski definition) is 1. The van der Waals surface area contributed by atoms with E-state index in [4.69, 9.17) is 11.6 Å². The van der Waals surface area contributed by atoms with Crippen molar-refractivity contribution in [2.45, 2.75) is 32.2 Å². The van der Waals surface area contributed by atoms with E-state index in [1.165, 1.54) is 17.7 Å². The molecule has 1 nitrogen and oxygen atoms in total. The number of benzene rings is 2. The molecule has 0 fully saturated rings. The van der Waals surface area contributed by atoms with Crippen molar-refractivity contribution >= 4 is 11.6 Å². The molecular weight excluding hydrogens is 285 g/mol. The quantitative estimate of drug-likeness (QED) is 0.809. The molecule has 0 spiro atoms. The van der Waals surface area contributed by atoms with Gasteiger partial charge in [0.25, 0.3) is 0 Å². The second-order valence-corrected chi connectivity index (χ2v) is 6.21. The molecule has 0 saturated carbocycles. The molecule has 0 aliphatic rings. The highest BCUT2D eigenvalue weighted by atomic mass is 35.5. The van der Waals surface area contributed by atoms with Crippen molar-refractivity contribution in [2.24, 2.45) is 0 Å². The van der Waals surface area contributed by atoms with E-state index < -0.39 is 0 Å². The summed E-state index contributed by atoms with van der Waals surface area (Å²) in [6.45, 7) is 7.28. The van der Waals surface area contributed by atoms with Gasteiger partial charge in [0.15, 0.2) is 0 Å². The van der Waals surface area contributed by atoms with Crippen LogP contribution in [0.15, 0.2) is 48.5 Å². The summed E-state index contributed by atoms with van der Waals surface area (Å²) in [5.41, 5.74) is 2.11. The second kappa shape index (κ2) is 6.59. The van der Waals surface area contributed by atoms with Crippen LogP contribution in [0.4, 0.5) is 4.39 Å². The van der Waals surface area contributed by atoms with Crippen LogP contribution in [-0.2, 0) is 5.41 Å². The Bertz CT molecular complexity index is 575. The summed E-state index contributed by atoms with van der Waals surface area (Å²) in [6, 6.07) is 14.8. The monoisotopic (exact) mass is 305 g/mol. The van der Waals surface area contributed by atoms with Gasteiger partial charge in [0.1, 0.15) is 5.82 Å². The van der Waals surface area contributed by atoms with Crippen molar-refractivity contribution in [3.63, 3.8) is 0 Å². The van der Waals surface area contributed by atoms with E-state index in [2.05, 4.69) is 26.1 Å². The van der Waals surface area contributed by atoms with Gasteiger partial charge < -0.3 is 5.32 Å². The smallest absolute Gasteiger partial charge is 0.123 e. The standard InChI is InChI=1S/C18H21ClFN/c1-4-21-17(13-5-9-15(19)10-6-13)18(2,3)14-7-11-16(20)12-8-14/h5-12,17,21H,4H2,1-3H3. The minimum Gasteiger partial charge on any atom is -0.309 e. The van der Waals surface area contributed by atoms with Gasteiger partial charge >= 0.3 is 0 Å². The lowest BCUT2D eigenvalue weighted by atomic mass is 9.75. The van der Waals surface area contributed by atoms with E-state index in [9.17, 15) is 4.39 Å². The van der Waals surface area contributed by atoms with E-state index in [0.717, 1.165) is 17.1 Å². The largest absolute Gasteiger partial charge is 0.309 e. The number of nitrogens with one attached hydrogen (secondary N) is 1. The van der Waals surface area contributed by atoms with Gasteiger partial charge in [0, 0.05) is 16.5 Å². The van der Waals surface area contributed by atoms with Crippen LogP contribution in [0.1, 0.15) is 37.9 Å². The molecule has 3 heteroatoms. The van der Waals surface area contributed by atoms with Crippen molar-refractivity contribution < 1.29 is 4.39 Å². The fourth-order valence-electron chi connectivity index (χ4n) is 2.70. The maximum absolute atomic E-state index is 13.2. The molecular formula is C18H21ClFN. The van der Waals surface area contributed by atoms with Gasteiger partial charge in [-0.15, -0.1) is 0 Å². The summed E-state index contributed by atoms with van der Waals surface area (Å²) in [4.78, 5) is 0. The molecule has 0 radical (unpaired) electrons. The normalized spacial score (nSPS) is 13.2. The maximum atomic E-state index is 13.2. The third-order valence-corrected chi connectivity index (χ3v) is 4.17. The zero-order valence-electron chi connectivity index (χ0n) is 12.7. The molecule has 1 atom stereocenters. The molecule has 1 unspecified atom stereocenters. The lowest BCUT2D eigenvalue weighted by Crippen LogP contribution is -2.37. The number of halogens is 2. The summed E-state index contributed by atoms with van der Waals surface area (Å²) in [5.74, 6) is -0.207. The highest BCUT2D eigenvalue weighted by Gasteiger charge is 2.31. The number of rotatable bonds is 5. The lowest BCUT2D eigenvalue weighted by Gasteiger charge is -2.36. The SMILES string of the molecule is CCNC(c1ccc(Cl)cc1)C(C)(C)c1ccc(F)cc1. The van der Waals surface area contributed by atoms with Crippen LogP contribution >= 0.6 is 11.6 Å². The Morgan fingerprint density at radius 2 is 1.62 bits per heavy atom. The summed E-state index contributed by atoms with van der Waals surface area (Å²) < 4.78 is 13.2. The van der Waals surface area contributed by atoms with Crippen molar-refractivity contribution in [3.8, 4) is 0 Å². The topological polar surface area (TPSA) is 12.0 Å². The Labute approximate surface area is 131 Å². The molecule has 0 aliphatic heterocycles. The number of hydrogen-bond donors (Lipinski definition) is 1. The molecule has 2 aromatic rings. The van der Waals surface area contributed by atoms with Crippen LogP contribution in [0.2, 0.25) is 5.02 Å². The third-order valence-electron chi connectivity index (χ3n) is 3.92. The Morgan fingerprint density at radius 3 is 2.14 bits per heavy atom. The minimum atomic E-state index is -0.207. The molecule has 0 amide bonds. The van der Waals surface area contributed by atoms with Gasteiger partial charge in [-0.3, -0.25) is 0 Å². The third kappa shape index (κ3) is 3.63. The van der Waals surface area contributed by atoms with Gasteiger partial charge in [-0.2, -0.15) is 0 Å². The van der Waals surface area contributed by atoms with Crippen molar-refractivity contribution in [3.05, 3.63) is 70.5 Å². The van der Waals surface area contributed by atoms with E-state index in [-0.39, 0.29) is 17.3 Å². The van der Waals surface area contributed by atoms with E-state index in [1.807, 2.05) is 36.4 Å². The molecule has 112 valence electrons. The van der Waals surface area contributed by atoms with Gasteiger partial charge in [0.2, 0.25) is 0 Å². The lowest BCUT2D eigenvalue weighted by molar-refractivity contribution is 0.353. The molecule has 2 rings (SSSR count). The van der Waals surface area contributed by atoms with Crippen LogP contribution in [0, 0.1) is 5.82 Å². The van der Waals surface area contributed by atoms with Crippen LogP contribution in [0.25, 0.3) is 0 Å². The van der Waals surface area contributed by atoms with Gasteiger partial charge in [-0.05, 0) is 41.9 Å². The Morgan fingerprint density at radius 1 is 1.05 bits per heavy atom. The summed E-state index contributed by atoms with van der Waals surface area (Å²) in [7, 11) is 0. The predicted octanol–water partition coefficient (Wildman–Crippen LogP) is 5.11. The zero-order chi connectivity index (χ0) is 15.5. The fraction of sp³-hybridized carbons (Fsp3) is 0.333. The molecule has 0 saturated heterocycles. The van der Waals surface area contributed by atoms with Gasteiger partial charge in [-0.25, -0.2) is 4.39 Å². The highest BCUT2D eigenvalue weighted by Crippen LogP contribution is 2.37. The van der Waals surface area contributed by atoms with Crippen molar-refractivity contribution in [1.82, 2.24) is 5.32 Å². The molecule has 2 aromatic carbocycles. The first-order valence-electron chi connectivity index (χ1n) is 7.20. The summed E-state index contributed by atoms with van der Waals surface area (Å²) >= 11 is 5.98. The van der Waals surface area contributed by atoms with Gasteiger partial charge in [-0.1, -0.05) is 56.6 Å². The minimum absolute atomic E-state index is 0.130. The molecule has 0 aliphatic carbocycles. The summed E-state index contributed by atoms with van der Waals surface area (Å²) in [5, 5.41) is 4.27. The van der Waals surface area contributed by atoms with Crippen LogP contribution in [-0.4, -0.2) is 6.54 Å². The van der Waals surface area contributed by atoms with E-state index in [1.54, 1.807) is 0 Å². The first kappa shape index (κ1) is 16.0. The van der Waals surface area contributed by atoms with E-state index >= 15 is 0 Å². The van der Waals surface area contributed by atoms with E-state index in [0.29, 0.717) is 0 Å². The molecule has 21 heavy (non-hydrogen) atoms. The highest BCUT2D eigenvalue weighted by molar-refractivity contribution is 6.30. The first-order chi connectivity index (χ1) is 9.95. The van der Waals surface area contributed by atoms with Crippen LogP contribution in [0.3, 0.4) is 0 Å². The fourth-order valence-corrected chi connectivity index (χ4v) is 2.82. The molecule has 0 bridgehead atoms. The van der Waals surface area contributed by atoms with Crippen molar-refractivity contribution in [1.29, 1.82) is 0 Å². The van der Waals surface area contributed by atoms with Crippen molar-refractivity contribution in [2.75, 3.05) is 6.54 Å². The Balaban J connectivity index is 2.39. The first-order valence-corrected chi connectivity index (χ1v) is 7.58. The van der Waals surface area contributed by atoms with Crippen LogP contribution in [0.5, 0.6) is 0 Å². The second-order valence-electron chi connectivity index (χ2n) is 5.77. The maximum Gasteiger partial charge on any atom is 0.123 e. The van der Waals surface area contributed by atoms with Gasteiger partial charge in [0.05, 0.1) is 0 Å². The molecule has 0 heterocycles. The van der Waals surface area contributed by atoms with Crippen LogP contribution < -0.4 is 5.32 Å². The average Bonchev–Trinajstić information content (AvgIpc) is 2.46. The number of likely N-dealkylation sites (N-methyl/N-ethyl adjacent to an activating group) is 1. The Hall–Kier alpha value is -1.38. The average molecular weight is 306 g/mol. The molecule has 1 N–H and O–H groups in total. The predicted molar refractivity (Wildman–Crippen MR) is 87.3 cm³/mol.